The van der Waals surface area contributed by atoms with E-state index in [2.05, 4.69) is 15.9 Å². The Morgan fingerprint density at radius 2 is 1.84 bits per heavy atom. The first-order valence-electron chi connectivity index (χ1n) is 5.87. The van der Waals surface area contributed by atoms with Crippen LogP contribution in [0.3, 0.4) is 0 Å². The van der Waals surface area contributed by atoms with Gasteiger partial charge in [0.1, 0.15) is 0 Å². The zero-order valence-electron chi connectivity index (χ0n) is 10.6. The fraction of sp³-hybridized carbons (Fsp3) is 0.500. The molecule has 0 aliphatic heterocycles. The van der Waals surface area contributed by atoms with Crippen LogP contribution in [-0.4, -0.2) is 31.6 Å². The average Bonchev–Trinajstić information content (AvgIpc) is 2.37. The number of hydrogen-bond acceptors (Lipinski definition) is 2. The number of sulfonamides is 1. The molecule has 19 heavy (non-hydrogen) atoms. The molecule has 0 radical (unpaired) electrons. The molecular weight excluding hydrogens is 340 g/mol. The van der Waals surface area contributed by atoms with Crippen molar-refractivity contribution in [1.82, 2.24) is 4.31 Å². The van der Waals surface area contributed by atoms with Gasteiger partial charge >= 0.3 is 0 Å². The Morgan fingerprint density at radius 1 is 1.16 bits per heavy atom. The van der Waals surface area contributed by atoms with Crippen LogP contribution in [0.5, 0.6) is 0 Å². The molecular formula is C12H16BrF2NO2S. The molecule has 1 aromatic rings. The molecule has 3 nitrogen and oxygen atoms in total. The van der Waals surface area contributed by atoms with Gasteiger partial charge in [-0.3, -0.25) is 0 Å². The number of nitrogens with zero attached hydrogens (tertiary/aromatic N) is 1. The lowest BCUT2D eigenvalue weighted by Gasteiger charge is -2.17. The zero-order chi connectivity index (χ0) is 14.5. The summed E-state index contributed by atoms with van der Waals surface area (Å²) in [6.07, 6.45) is 2.60. The van der Waals surface area contributed by atoms with Crippen molar-refractivity contribution in [2.45, 2.75) is 24.2 Å². The molecule has 0 spiro atoms. The molecule has 0 fully saturated rings. The van der Waals surface area contributed by atoms with Crippen molar-refractivity contribution in [3.63, 3.8) is 0 Å². The topological polar surface area (TPSA) is 37.4 Å². The molecule has 1 aromatic carbocycles. The van der Waals surface area contributed by atoms with Crippen molar-refractivity contribution >= 4 is 26.0 Å². The summed E-state index contributed by atoms with van der Waals surface area (Å²) in [5.74, 6) is -2.22. The second-order valence-electron chi connectivity index (χ2n) is 4.15. The highest BCUT2D eigenvalue weighted by atomic mass is 79.9. The van der Waals surface area contributed by atoms with Gasteiger partial charge in [-0.2, -0.15) is 0 Å². The van der Waals surface area contributed by atoms with E-state index in [4.69, 9.17) is 0 Å². The van der Waals surface area contributed by atoms with Crippen molar-refractivity contribution in [2.24, 2.45) is 0 Å². The maximum absolute atomic E-state index is 13.1. The average molecular weight is 356 g/mol. The molecule has 0 unspecified atom stereocenters. The maximum atomic E-state index is 13.1. The SMILES string of the molecule is CN(CCCCCBr)S(=O)(=O)c1ccc(F)c(F)c1. The predicted octanol–water partition coefficient (Wildman–Crippen LogP) is 3.15. The van der Waals surface area contributed by atoms with Crippen molar-refractivity contribution in [3.05, 3.63) is 29.8 Å². The van der Waals surface area contributed by atoms with Gasteiger partial charge in [0, 0.05) is 18.9 Å². The second kappa shape index (κ2) is 7.31. The van der Waals surface area contributed by atoms with Crippen LogP contribution in [0, 0.1) is 11.6 Å². The van der Waals surface area contributed by atoms with Gasteiger partial charge in [0.15, 0.2) is 11.6 Å². The molecule has 0 saturated carbocycles. The predicted molar refractivity (Wildman–Crippen MR) is 73.8 cm³/mol. The minimum Gasteiger partial charge on any atom is -0.207 e. The van der Waals surface area contributed by atoms with Crippen LogP contribution in [0.4, 0.5) is 8.78 Å². The van der Waals surface area contributed by atoms with E-state index in [-0.39, 0.29) is 4.90 Å². The molecule has 0 N–H and O–H groups in total. The van der Waals surface area contributed by atoms with Crippen molar-refractivity contribution in [1.29, 1.82) is 0 Å². The number of halogens is 3. The Balaban J connectivity index is 2.76. The van der Waals surface area contributed by atoms with Gasteiger partial charge in [-0.1, -0.05) is 22.4 Å². The van der Waals surface area contributed by atoms with Gasteiger partial charge in [-0.15, -0.1) is 0 Å². The van der Waals surface area contributed by atoms with E-state index < -0.39 is 21.7 Å². The summed E-state index contributed by atoms with van der Waals surface area (Å²) in [4.78, 5) is -0.227. The van der Waals surface area contributed by atoms with Gasteiger partial charge in [-0.05, 0) is 31.0 Å². The number of benzene rings is 1. The van der Waals surface area contributed by atoms with Crippen LogP contribution in [0.25, 0.3) is 0 Å². The van der Waals surface area contributed by atoms with Gasteiger partial charge < -0.3 is 0 Å². The van der Waals surface area contributed by atoms with E-state index in [0.29, 0.717) is 12.6 Å². The summed E-state index contributed by atoms with van der Waals surface area (Å²) in [5.41, 5.74) is 0. The highest BCUT2D eigenvalue weighted by Gasteiger charge is 2.21. The van der Waals surface area contributed by atoms with Gasteiger partial charge in [0.2, 0.25) is 10.0 Å². The summed E-state index contributed by atoms with van der Waals surface area (Å²) in [5, 5.41) is 0.882. The highest BCUT2D eigenvalue weighted by molar-refractivity contribution is 9.09. The summed E-state index contributed by atoms with van der Waals surface area (Å²) in [7, 11) is -2.32. The molecule has 0 aliphatic rings. The summed E-state index contributed by atoms with van der Waals surface area (Å²) in [6.45, 7) is 0.355. The van der Waals surface area contributed by atoms with Crippen LogP contribution in [-0.2, 0) is 10.0 Å². The molecule has 0 atom stereocenters. The summed E-state index contributed by atoms with van der Waals surface area (Å²) < 4.78 is 51.2. The Labute approximate surface area is 120 Å². The smallest absolute Gasteiger partial charge is 0.207 e. The first-order valence-corrected chi connectivity index (χ1v) is 8.43. The normalized spacial score (nSPS) is 12.1. The van der Waals surface area contributed by atoms with E-state index in [9.17, 15) is 17.2 Å². The van der Waals surface area contributed by atoms with Crippen LogP contribution in [0.2, 0.25) is 0 Å². The molecule has 0 bridgehead atoms. The Bertz CT molecular complexity index is 522. The van der Waals surface area contributed by atoms with E-state index in [0.717, 1.165) is 41.0 Å². The Kier molecular flexibility index (Phi) is 6.35. The number of unbranched alkanes of at least 4 members (excludes halogenated alkanes) is 2. The van der Waals surface area contributed by atoms with E-state index in [1.807, 2.05) is 0 Å². The minimum atomic E-state index is -3.75. The maximum Gasteiger partial charge on any atom is 0.242 e. The molecule has 0 heterocycles. The molecule has 7 heteroatoms. The zero-order valence-corrected chi connectivity index (χ0v) is 13.0. The first-order chi connectivity index (χ1) is 8.89. The fourth-order valence-electron chi connectivity index (χ4n) is 1.54. The third kappa shape index (κ3) is 4.50. The lowest BCUT2D eigenvalue weighted by molar-refractivity contribution is 0.452. The minimum absolute atomic E-state index is 0.227. The van der Waals surface area contributed by atoms with Crippen molar-refractivity contribution in [2.75, 3.05) is 18.9 Å². The largest absolute Gasteiger partial charge is 0.242 e. The first kappa shape index (κ1) is 16.5. The van der Waals surface area contributed by atoms with Crippen LogP contribution in [0.1, 0.15) is 19.3 Å². The van der Waals surface area contributed by atoms with Gasteiger partial charge in [0.25, 0.3) is 0 Å². The molecule has 108 valence electrons. The Hall–Kier alpha value is -0.530. The van der Waals surface area contributed by atoms with Crippen molar-refractivity contribution in [3.8, 4) is 0 Å². The van der Waals surface area contributed by atoms with Crippen LogP contribution in [0.15, 0.2) is 23.1 Å². The third-order valence-corrected chi connectivity index (χ3v) is 5.12. The molecule has 0 aromatic heterocycles. The summed E-state index contributed by atoms with van der Waals surface area (Å²) >= 11 is 3.30. The van der Waals surface area contributed by atoms with Crippen molar-refractivity contribution < 1.29 is 17.2 Å². The standard InChI is InChI=1S/C12H16BrF2NO2S/c1-16(8-4-2-3-7-13)19(17,18)10-5-6-11(14)12(15)9-10/h5-6,9H,2-4,7-8H2,1H3. The monoisotopic (exact) mass is 355 g/mol. The van der Waals surface area contributed by atoms with E-state index >= 15 is 0 Å². The van der Waals surface area contributed by atoms with Gasteiger partial charge in [-0.25, -0.2) is 21.5 Å². The molecule has 1 rings (SSSR count). The molecule has 0 amide bonds. The quantitative estimate of drug-likeness (QED) is 0.556. The third-order valence-electron chi connectivity index (χ3n) is 2.71. The van der Waals surface area contributed by atoms with Crippen LogP contribution < -0.4 is 0 Å². The van der Waals surface area contributed by atoms with E-state index in [1.165, 1.54) is 7.05 Å². The Morgan fingerprint density at radius 3 is 2.42 bits per heavy atom. The lowest BCUT2D eigenvalue weighted by atomic mass is 10.2. The lowest BCUT2D eigenvalue weighted by Crippen LogP contribution is -2.28. The van der Waals surface area contributed by atoms with Crippen LogP contribution >= 0.6 is 15.9 Å². The summed E-state index contributed by atoms with van der Waals surface area (Å²) in [6, 6.07) is 2.60. The fourth-order valence-corrected chi connectivity index (χ4v) is 3.16. The second-order valence-corrected chi connectivity index (χ2v) is 6.99. The molecule has 0 aliphatic carbocycles. The molecule has 0 saturated heterocycles. The number of hydrogen-bond donors (Lipinski definition) is 0. The van der Waals surface area contributed by atoms with E-state index in [1.54, 1.807) is 0 Å². The van der Waals surface area contributed by atoms with Gasteiger partial charge in [0.05, 0.1) is 4.90 Å². The number of rotatable bonds is 7. The highest BCUT2D eigenvalue weighted by Crippen LogP contribution is 2.18. The number of alkyl halides is 1.